The van der Waals surface area contributed by atoms with E-state index in [2.05, 4.69) is 0 Å². The molecule has 1 heterocycles. The number of thioether (sulfide) groups is 1. The average Bonchev–Trinajstić information content (AvgIpc) is 2.82. The highest BCUT2D eigenvalue weighted by molar-refractivity contribution is 8.26. The van der Waals surface area contributed by atoms with Gasteiger partial charge in [0.25, 0.3) is 5.91 Å². The van der Waals surface area contributed by atoms with Gasteiger partial charge in [-0.25, -0.2) is 4.79 Å². The summed E-state index contributed by atoms with van der Waals surface area (Å²) in [6.45, 7) is 1.70. The first-order valence-electron chi connectivity index (χ1n) is 7.15. The van der Waals surface area contributed by atoms with E-state index in [0.717, 1.165) is 16.7 Å². The summed E-state index contributed by atoms with van der Waals surface area (Å²) in [5.74, 6) is -0.452. The minimum absolute atomic E-state index is 0.238. The lowest BCUT2D eigenvalue weighted by atomic mass is 10.1. The summed E-state index contributed by atoms with van der Waals surface area (Å²) in [6.07, 6.45) is 1.91. The minimum Gasteiger partial charge on any atom is -0.493 e. The molecule has 24 heavy (non-hydrogen) atoms. The Morgan fingerprint density at radius 3 is 2.67 bits per heavy atom. The van der Waals surface area contributed by atoms with Gasteiger partial charge in [0.05, 0.1) is 19.1 Å². The van der Waals surface area contributed by atoms with Crippen molar-refractivity contribution in [2.24, 2.45) is 0 Å². The van der Waals surface area contributed by atoms with Gasteiger partial charge in [0.1, 0.15) is 10.4 Å². The van der Waals surface area contributed by atoms with Gasteiger partial charge in [-0.15, -0.1) is 0 Å². The fourth-order valence-corrected chi connectivity index (χ4v) is 3.73. The number of carboxylic acid groups (broad SMARTS) is 1. The quantitative estimate of drug-likeness (QED) is 0.612. The second-order valence-corrected chi connectivity index (χ2v) is 6.57. The number of nitrogens with zero attached hydrogens (tertiary/aromatic N) is 1. The highest BCUT2D eigenvalue weighted by Gasteiger charge is 2.39. The first-order chi connectivity index (χ1) is 11.4. The number of para-hydroxylation sites is 1. The Morgan fingerprint density at radius 1 is 1.42 bits per heavy atom. The number of hydrogen-bond acceptors (Lipinski definition) is 6. The van der Waals surface area contributed by atoms with Crippen molar-refractivity contribution in [1.82, 2.24) is 4.90 Å². The molecule has 1 unspecified atom stereocenters. The number of rotatable bonds is 6. The molecule has 0 spiro atoms. The van der Waals surface area contributed by atoms with Crippen molar-refractivity contribution in [2.75, 3.05) is 14.2 Å². The third-order valence-corrected chi connectivity index (χ3v) is 4.86. The van der Waals surface area contributed by atoms with Crippen LogP contribution < -0.4 is 9.47 Å². The summed E-state index contributed by atoms with van der Waals surface area (Å²) >= 11 is 6.27. The van der Waals surface area contributed by atoms with Crippen LogP contribution in [0.2, 0.25) is 0 Å². The van der Waals surface area contributed by atoms with Crippen LogP contribution in [-0.4, -0.2) is 46.5 Å². The molecule has 0 saturated carbocycles. The molecule has 128 valence electrons. The molecule has 1 saturated heterocycles. The lowest BCUT2D eigenvalue weighted by molar-refractivity contribution is -0.145. The van der Waals surface area contributed by atoms with E-state index in [1.165, 1.54) is 14.2 Å². The van der Waals surface area contributed by atoms with E-state index in [4.69, 9.17) is 21.7 Å². The Labute approximate surface area is 149 Å². The number of methoxy groups -OCH3 is 2. The molecule has 0 aromatic heterocycles. The first kappa shape index (κ1) is 18.3. The summed E-state index contributed by atoms with van der Waals surface area (Å²) in [4.78, 5) is 25.4. The summed E-state index contributed by atoms with van der Waals surface area (Å²) in [5, 5.41) is 9.28. The van der Waals surface area contributed by atoms with Crippen LogP contribution in [0.1, 0.15) is 18.9 Å². The molecule has 1 aromatic carbocycles. The third kappa shape index (κ3) is 3.39. The molecule has 0 aliphatic carbocycles. The van der Waals surface area contributed by atoms with Crippen molar-refractivity contribution < 1.29 is 24.2 Å². The van der Waals surface area contributed by atoms with Gasteiger partial charge in [0.2, 0.25) is 0 Å². The van der Waals surface area contributed by atoms with Gasteiger partial charge >= 0.3 is 5.97 Å². The summed E-state index contributed by atoms with van der Waals surface area (Å²) < 4.78 is 10.8. The SMILES string of the molecule is CCC(C(=O)O)N1C(=O)/C(=C/c2cccc(OC)c2OC)SC1=S. The van der Waals surface area contributed by atoms with Gasteiger partial charge in [-0.05, 0) is 18.6 Å². The Bertz CT molecular complexity index is 716. The lowest BCUT2D eigenvalue weighted by Crippen LogP contribution is -2.43. The van der Waals surface area contributed by atoms with Crippen molar-refractivity contribution >= 4 is 46.3 Å². The Morgan fingerprint density at radius 2 is 2.12 bits per heavy atom. The zero-order valence-electron chi connectivity index (χ0n) is 13.4. The number of carbonyl (C=O) groups is 2. The number of benzene rings is 1. The van der Waals surface area contributed by atoms with E-state index in [0.29, 0.717) is 22.0 Å². The molecule has 1 atom stereocenters. The van der Waals surface area contributed by atoms with Crippen LogP contribution in [0.25, 0.3) is 6.08 Å². The summed E-state index contributed by atoms with van der Waals surface area (Å²) in [5.41, 5.74) is 0.653. The second-order valence-electron chi connectivity index (χ2n) is 4.90. The normalized spacial score (nSPS) is 17.3. The predicted molar refractivity (Wildman–Crippen MR) is 96.3 cm³/mol. The predicted octanol–water partition coefficient (Wildman–Crippen LogP) is 2.77. The van der Waals surface area contributed by atoms with Crippen molar-refractivity contribution in [2.45, 2.75) is 19.4 Å². The van der Waals surface area contributed by atoms with Gasteiger partial charge in [0.15, 0.2) is 11.5 Å². The van der Waals surface area contributed by atoms with Gasteiger partial charge in [-0.1, -0.05) is 43.0 Å². The molecule has 1 amide bonds. The van der Waals surface area contributed by atoms with Crippen LogP contribution in [-0.2, 0) is 9.59 Å². The summed E-state index contributed by atoms with van der Waals surface area (Å²) in [7, 11) is 3.04. The van der Waals surface area contributed by atoms with E-state index >= 15 is 0 Å². The monoisotopic (exact) mass is 367 g/mol. The fraction of sp³-hybridized carbons (Fsp3) is 0.312. The zero-order chi connectivity index (χ0) is 17.9. The van der Waals surface area contributed by atoms with Crippen molar-refractivity contribution in [3.05, 3.63) is 28.7 Å². The third-order valence-electron chi connectivity index (χ3n) is 3.53. The lowest BCUT2D eigenvalue weighted by Gasteiger charge is -2.21. The minimum atomic E-state index is -1.07. The molecule has 0 bridgehead atoms. The summed E-state index contributed by atoms with van der Waals surface area (Å²) in [6, 6.07) is 4.34. The van der Waals surface area contributed by atoms with E-state index in [9.17, 15) is 14.7 Å². The fourth-order valence-electron chi connectivity index (χ4n) is 2.38. The molecule has 1 fully saturated rings. The van der Waals surface area contributed by atoms with Crippen molar-refractivity contribution in [1.29, 1.82) is 0 Å². The zero-order valence-corrected chi connectivity index (χ0v) is 15.1. The molecular formula is C16H17NO5S2. The van der Waals surface area contributed by atoms with Gasteiger partial charge < -0.3 is 14.6 Å². The van der Waals surface area contributed by atoms with Crippen molar-refractivity contribution in [3.63, 3.8) is 0 Å². The number of amides is 1. The molecule has 6 nitrogen and oxygen atoms in total. The maximum atomic E-state index is 12.6. The van der Waals surface area contributed by atoms with Crippen LogP contribution in [0.3, 0.4) is 0 Å². The van der Waals surface area contributed by atoms with Gasteiger partial charge in [-0.2, -0.15) is 0 Å². The average molecular weight is 367 g/mol. The van der Waals surface area contributed by atoms with E-state index in [1.807, 2.05) is 0 Å². The van der Waals surface area contributed by atoms with Crippen LogP contribution in [0.4, 0.5) is 0 Å². The second kappa shape index (κ2) is 7.67. The van der Waals surface area contributed by atoms with Crippen molar-refractivity contribution in [3.8, 4) is 11.5 Å². The number of carboxylic acids is 1. The largest absolute Gasteiger partial charge is 0.493 e. The molecule has 1 aromatic rings. The van der Waals surface area contributed by atoms with E-state index < -0.39 is 17.9 Å². The molecule has 1 aliphatic rings. The molecule has 0 radical (unpaired) electrons. The highest BCUT2D eigenvalue weighted by atomic mass is 32.2. The topological polar surface area (TPSA) is 76.1 Å². The van der Waals surface area contributed by atoms with E-state index in [1.54, 1.807) is 31.2 Å². The van der Waals surface area contributed by atoms with Gasteiger partial charge in [-0.3, -0.25) is 9.69 Å². The maximum Gasteiger partial charge on any atom is 0.326 e. The maximum absolute atomic E-state index is 12.6. The Hall–Kier alpha value is -2.06. The molecule has 1 N–H and O–H groups in total. The highest BCUT2D eigenvalue weighted by Crippen LogP contribution is 2.38. The standard InChI is InChI=1S/C16H17NO5S2/c1-4-10(15(19)20)17-14(18)12(24-16(17)23)8-9-6-5-7-11(21-2)13(9)22-3/h5-8,10H,4H2,1-3H3,(H,19,20)/b12-8-. The number of carbonyl (C=O) groups excluding carboxylic acids is 1. The van der Waals surface area contributed by atoms with E-state index in [-0.39, 0.29) is 10.7 Å². The smallest absolute Gasteiger partial charge is 0.326 e. The number of thiocarbonyl (C=S) groups is 1. The van der Waals surface area contributed by atoms with Crippen LogP contribution >= 0.6 is 24.0 Å². The molecular weight excluding hydrogens is 350 g/mol. The first-order valence-corrected chi connectivity index (χ1v) is 8.37. The Balaban J connectivity index is 2.41. The molecule has 1 aliphatic heterocycles. The number of hydrogen-bond donors (Lipinski definition) is 1. The number of ether oxygens (including phenoxy) is 2. The molecule has 2 rings (SSSR count). The Kier molecular flexibility index (Phi) is 5.84. The van der Waals surface area contributed by atoms with Gasteiger partial charge in [0, 0.05) is 5.56 Å². The molecule has 8 heteroatoms. The van der Waals surface area contributed by atoms with Crippen LogP contribution in [0.15, 0.2) is 23.1 Å². The van der Waals surface area contributed by atoms with Crippen LogP contribution in [0.5, 0.6) is 11.5 Å². The number of aliphatic carboxylic acids is 1. The van der Waals surface area contributed by atoms with Crippen LogP contribution in [0, 0.1) is 0 Å².